The minimum Gasteiger partial charge on any atom is -0.250 e. The minimum atomic E-state index is 1.01. The average molecular weight is 204 g/mol. The second-order valence-electron chi connectivity index (χ2n) is 1.08. The zero-order valence-corrected chi connectivity index (χ0v) is 5.71. The number of aromatic nitrogens is 1. The topological polar surface area (TPSA) is 12.9 Å². The molecule has 0 amide bonds. The van der Waals surface area contributed by atoms with Crippen molar-refractivity contribution in [1.29, 1.82) is 0 Å². The number of nitrogens with zero attached hydrogens (tertiary/aromatic N) is 1. The van der Waals surface area contributed by atoms with Crippen LogP contribution in [0.5, 0.6) is 0 Å². The van der Waals surface area contributed by atoms with Crippen LogP contribution in [0.2, 0.25) is 0 Å². The van der Waals surface area contributed by atoms with Gasteiger partial charge in [0.15, 0.2) is 0 Å². The molecule has 2 heteroatoms. The van der Waals surface area contributed by atoms with E-state index in [0.717, 1.165) is 3.70 Å². The predicted octanol–water partition coefficient (Wildman–Crippen LogP) is 1.49. The van der Waals surface area contributed by atoms with Crippen LogP contribution >= 0.6 is 22.6 Å². The van der Waals surface area contributed by atoms with Crippen LogP contribution in [0.15, 0.2) is 18.3 Å². The van der Waals surface area contributed by atoms with Gasteiger partial charge in [0.1, 0.15) is 3.70 Å². The molecule has 0 unspecified atom stereocenters. The summed E-state index contributed by atoms with van der Waals surface area (Å²) in [6.07, 6.45) is 1.65. The fraction of sp³-hybridized carbons (Fsp3) is 0. The van der Waals surface area contributed by atoms with Gasteiger partial charge in [0.25, 0.3) is 0 Å². The molecule has 1 nitrogen and oxygen atoms in total. The van der Waals surface area contributed by atoms with Crippen LogP contribution in [0, 0.1) is 9.77 Å². The van der Waals surface area contributed by atoms with Gasteiger partial charge in [0.05, 0.1) is 0 Å². The monoisotopic (exact) mass is 204 g/mol. The first-order chi connectivity index (χ1) is 3.39. The molecule has 1 heterocycles. The molecule has 0 spiro atoms. The highest BCUT2D eigenvalue weighted by Gasteiger charge is 1.76. The maximum Gasteiger partial charge on any atom is 0.101 e. The van der Waals surface area contributed by atoms with Gasteiger partial charge in [-0.05, 0) is 28.7 Å². The molecule has 0 aromatic carbocycles. The molecule has 0 saturated carbocycles. The normalized spacial score (nSPS) is 8.71. The molecule has 0 fully saturated rings. The fourth-order valence-electron chi connectivity index (χ4n) is 0.302. The smallest absolute Gasteiger partial charge is 0.101 e. The Labute approximate surface area is 55.9 Å². The van der Waals surface area contributed by atoms with Gasteiger partial charge in [0.2, 0.25) is 0 Å². The summed E-state index contributed by atoms with van der Waals surface area (Å²) in [6, 6.07) is 6.56. The van der Waals surface area contributed by atoms with Gasteiger partial charge >= 0.3 is 0 Å². The lowest BCUT2D eigenvalue weighted by molar-refractivity contribution is 1.27. The summed E-state index contributed by atoms with van der Waals surface area (Å²) in [7, 11) is 0. The Morgan fingerprint density at radius 2 is 2.57 bits per heavy atom. The van der Waals surface area contributed by atoms with Crippen molar-refractivity contribution in [3.05, 3.63) is 28.1 Å². The summed E-state index contributed by atoms with van der Waals surface area (Å²) in [5.74, 6) is 0. The Hall–Kier alpha value is -0.120. The maximum absolute atomic E-state index is 3.91. The molecule has 1 rings (SSSR count). The number of hydrogen-bond acceptors (Lipinski definition) is 1. The first-order valence-corrected chi connectivity index (χ1v) is 2.95. The molecule has 0 aliphatic carbocycles. The van der Waals surface area contributed by atoms with Crippen molar-refractivity contribution in [3.63, 3.8) is 0 Å². The molecular weight excluding hydrogens is 201 g/mol. The lowest BCUT2D eigenvalue weighted by Gasteiger charge is -1.79. The first-order valence-electron chi connectivity index (χ1n) is 1.87. The van der Waals surface area contributed by atoms with Crippen LogP contribution in [-0.2, 0) is 0 Å². The molecule has 1 radical (unpaired) electrons. The van der Waals surface area contributed by atoms with Crippen LogP contribution in [0.25, 0.3) is 0 Å². The van der Waals surface area contributed by atoms with Crippen molar-refractivity contribution < 1.29 is 0 Å². The van der Waals surface area contributed by atoms with Gasteiger partial charge in [0, 0.05) is 12.3 Å². The van der Waals surface area contributed by atoms with Gasteiger partial charge in [-0.25, -0.2) is 4.98 Å². The third kappa shape index (κ3) is 1.43. The van der Waals surface area contributed by atoms with E-state index in [2.05, 4.69) is 33.6 Å². The number of pyridine rings is 1. The molecular formula is C5H3IN. The number of halogens is 1. The molecule has 0 N–H and O–H groups in total. The summed E-state index contributed by atoms with van der Waals surface area (Å²) in [4.78, 5) is 3.91. The summed E-state index contributed by atoms with van der Waals surface area (Å²) in [5, 5.41) is 0. The van der Waals surface area contributed by atoms with Gasteiger partial charge in [-0.1, -0.05) is 6.07 Å². The Bertz CT molecular complexity index is 138. The van der Waals surface area contributed by atoms with Crippen molar-refractivity contribution in [1.82, 2.24) is 4.98 Å². The van der Waals surface area contributed by atoms with Crippen molar-refractivity contribution in [2.24, 2.45) is 0 Å². The van der Waals surface area contributed by atoms with Crippen LogP contribution in [-0.4, -0.2) is 4.98 Å². The van der Waals surface area contributed by atoms with E-state index in [9.17, 15) is 0 Å². The number of rotatable bonds is 0. The maximum atomic E-state index is 3.91. The van der Waals surface area contributed by atoms with Crippen LogP contribution < -0.4 is 0 Å². The van der Waals surface area contributed by atoms with E-state index in [4.69, 9.17) is 0 Å². The van der Waals surface area contributed by atoms with Gasteiger partial charge in [-0.2, -0.15) is 0 Å². The minimum absolute atomic E-state index is 1.01. The molecule has 0 aliphatic heterocycles. The number of hydrogen-bond donors (Lipinski definition) is 0. The highest BCUT2D eigenvalue weighted by Crippen LogP contribution is 1.94. The quantitative estimate of drug-likeness (QED) is 0.460. The summed E-state index contributed by atoms with van der Waals surface area (Å²) >= 11 is 2.15. The highest BCUT2D eigenvalue weighted by atomic mass is 127. The largest absolute Gasteiger partial charge is 0.250 e. The standard InChI is InChI=1S/C5H3IN/c6-5-3-1-2-4-7-5/h1,3-4H. The average Bonchev–Trinajstić information content (AvgIpc) is 1.69. The lowest BCUT2D eigenvalue weighted by Crippen LogP contribution is -1.72. The Kier molecular flexibility index (Phi) is 1.62. The van der Waals surface area contributed by atoms with Crippen LogP contribution in [0.4, 0.5) is 0 Å². The Balaban J connectivity index is 3.02. The second kappa shape index (κ2) is 2.26. The van der Waals surface area contributed by atoms with Crippen molar-refractivity contribution >= 4 is 22.6 Å². The van der Waals surface area contributed by atoms with E-state index in [0.29, 0.717) is 0 Å². The first kappa shape index (κ1) is 5.03. The zero-order chi connectivity index (χ0) is 5.11. The third-order valence-corrected chi connectivity index (χ3v) is 1.22. The zero-order valence-electron chi connectivity index (χ0n) is 3.56. The second-order valence-corrected chi connectivity index (χ2v) is 2.19. The van der Waals surface area contributed by atoms with Gasteiger partial charge in [-0.15, -0.1) is 0 Å². The molecule has 1 aromatic heterocycles. The lowest BCUT2D eigenvalue weighted by atomic mass is 10.5. The summed E-state index contributed by atoms with van der Waals surface area (Å²) in [6.45, 7) is 0. The molecule has 35 valence electrons. The van der Waals surface area contributed by atoms with E-state index in [1.54, 1.807) is 6.20 Å². The van der Waals surface area contributed by atoms with Crippen LogP contribution in [0.3, 0.4) is 0 Å². The van der Waals surface area contributed by atoms with Crippen molar-refractivity contribution in [3.8, 4) is 0 Å². The van der Waals surface area contributed by atoms with Gasteiger partial charge in [-0.3, -0.25) is 0 Å². The molecule has 0 aliphatic rings. The van der Waals surface area contributed by atoms with E-state index in [-0.39, 0.29) is 0 Å². The van der Waals surface area contributed by atoms with Crippen molar-refractivity contribution in [2.75, 3.05) is 0 Å². The molecule has 0 bridgehead atoms. The fourth-order valence-corrected chi connectivity index (χ4v) is 0.621. The van der Waals surface area contributed by atoms with E-state index < -0.39 is 0 Å². The predicted molar refractivity (Wildman–Crippen MR) is 35.8 cm³/mol. The molecule has 0 saturated heterocycles. The third-order valence-electron chi connectivity index (χ3n) is 0.580. The Morgan fingerprint density at radius 1 is 1.71 bits per heavy atom. The molecule has 0 atom stereocenters. The van der Waals surface area contributed by atoms with Crippen LogP contribution in [0.1, 0.15) is 0 Å². The highest BCUT2D eigenvalue weighted by molar-refractivity contribution is 14.1. The molecule has 7 heavy (non-hydrogen) atoms. The van der Waals surface area contributed by atoms with Gasteiger partial charge < -0.3 is 0 Å². The summed E-state index contributed by atoms with van der Waals surface area (Å²) in [5.41, 5.74) is 0. The van der Waals surface area contributed by atoms with Crippen molar-refractivity contribution in [2.45, 2.75) is 0 Å². The molecule has 1 aromatic rings. The van der Waals surface area contributed by atoms with E-state index in [1.807, 2.05) is 12.1 Å². The summed E-state index contributed by atoms with van der Waals surface area (Å²) < 4.78 is 1.01. The Morgan fingerprint density at radius 3 is 2.86 bits per heavy atom. The van der Waals surface area contributed by atoms with E-state index in [1.165, 1.54) is 0 Å². The SMILES string of the molecule is Ic1cc[c]cn1. The van der Waals surface area contributed by atoms with E-state index >= 15 is 0 Å².